The smallest absolute Gasteiger partial charge is 0.253 e. The zero-order chi connectivity index (χ0) is 26.3. The van der Waals surface area contributed by atoms with Gasteiger partial charge in [0.15, 0.2) is 0 Å². The predicted molar refractivity (Wildman–Crippen MR) is 149 cm³/mol. The summed E-state index contributed by atoms with van der Waals surface area (Å²) in [4.78, 5) is 32.1. The molecule has 3 aliphatic heterocycles. The molecule has 38 heavy (non-hydrogen) atoms. The van der Waals surface area contributed by atoms with E-state index >= 15 is 0 Å². The van der Waals surface area contributed by atoms with E-state index in [1.54, 1.807) is 0 Å². The van der Waals surface area contributed by atoms with E-state index in [1.807, 2.05) is 46.2 Å². The minimum atomic E-state index is -0.155. The lowest BCUT2D eigenvalue weighted by Crippen LogP contribution is -2.50. The van der Waals surface area contributed by atoms with Crippen LogP contribution in [0.2, 0.25) is 0 Å². The van der Waals surface area contributed by atoms with Crippen LogP contribution in [0.1, 0.15) is 67.3 Å². The molecule has 2 aromatic rings. The fourth-order valence-electron chi connectivity index (χ4n) is 6.10. The highest BCUT2D eigenvalue weighted by Crippen LogP contribution is 2.32. The number of nitrogens with zero attached hydrogens (tertiary/aromatic N) is 3. The Kier molecular flexibility index (Phi) is 8.97. The predicted octanol–water partition coefficient (Wildman–Crippen LogP) is 4.28. The molecular formula is C31H41N3O4. The summed E-state index contributed by atoms with van der Waals surface area (Å²) in [6.45, 7) is 4.94. The second kappa shape index (κ2) is 12.8. The van der Waals surface area contributed by atoms with Gasteiger partial charge in [-0.25, -0.2) is 0 Å². The fraction of sp³-hybridized carbons (Fsp3) is 0.548. The Bertz CT molecular complexity index is 1080. The van der Waals surface area contributed by atoms with Crippen molar-refractivity contribution in [2.75, 3.05) is 44.2 Å². The molecule has 2 amide bonds. The number of anilines is 1. The van der Waals surface area contributed by atoms with Crippen molar-refractivity contribution in [3.63, 3.8) is 0 Å². The number of carbonyl (C=O) groups excluding carboxylic acids is 2. The first-order valence-electron chi connectivity index (χ1n) is 14.4. The van der Waals surface area contributed by atoms with Crippen LogP contribution < -0.4 is 9.64 Å². The van der Waals surface area contributed by atoms with E-state index in [9.17, 15) is 14.7 Å². The summed E-state index contributed by atoms with van der Waals surface area (Å²) in [6.07, 6.45) is 8.07. The average Bonchev–Trinajstić information content (AvgIpc) is 2.95. The molecule has 7 heteroatoms. The fourth-order valence-corrected chi connectivity index (χ4v) is 6.10. The zero-order valence-electron chi connectivity index (χ0n) is 22.4. The van der Waals surface area contributed by atoms with Crippen molar-refractivity contribution in [1.82, 2.24) is 9.80 Å². The van der Waals surface area contributed by atoms with Crippen LogP contribution >= 0.6 is 0 Å². The quantitative estimate of drug-likeness (QED) is 0.501. The lowest BCUT2D eigenvalue weighted by Gasteiger charge is -2.41. The van der Waals surface area contributed by atoms with Crippen LogP contribution in [0.3, 0.4) is 0 Å². The van der Waals surface area contributed by atoms with E-state index in [1.165, 1.54) is 5.56 Å². The number of aliphatic hydroxyl groups excluding tert-OH is 1. The van der Waals surface area contributed by atoms with Crippen molar-refractivity contribution in [2.24, 2.45) is 0 Å². The van der Waals surface area contributed by atoms with Gasteiger partial charge in [-0.1, -0.05) is 18.2 Å². The Hall–Kier alpha value is -2.90. The van der Waals surface area contributed by atoms with E-state index in [4.69, 9.17) is 4.74 Å². The number of hydrogen-bond acceptors (Lipinski definition) is 5. The van der Waals surface area contributed by atoms with Gasteiger partial charge in [0, 0.05) is 43.3 Å². The van der Waals surface area contributed by atoms with Gasteiger partial charge in [0.1, 0.15) is 5.75 Å². The molecule has 2 aromatic carbocycles. The van der Waals surface area contributed by atoms with Crippen LogP contribution in [0.4, 0.5) is 5.69 Å². The van der Waals surface area contributed by atoms with E-state index < -0.39 is 0 Å². The van der Waals surface area contributed by atoms with Gasteiger partial charge in [-0.2, -0.15) is 0 Å². The number of benzene rings is 2. The number of piperidine rings is 2. The first-order chi connectivity index (χ1) is 18.6. The minimum absolute atomic E-state index is 0.0446. The standard InChI is InChI=1S/C31H41N3O4/c35-27-8-6-19-32(23-27)18-4-1-5-22-38-28-13-10-25(11-14-28)31(37)33-20-16-26(17-21-33)34-29-9-3-2-7-24(29)12-15-30(34)36/h2-3,7,9-11,13-14,26-27,35H,1,4-6,8,12,15-23H2. The Balaban J connectivity index is 1.03. The molecule has 3 heterocycles. The number of unbranched alkanes of at least 4 members (excludes halogenated alkanes) is 2. The number of ether oxygens (including phenoxy) is 1. The average molecular weight is 520 g/mol. The van der Waals surface area contributed by atoms with E-state index in [2.05, 4.69) is 17.0 Å². The summed E-state index contributed by atoms with van der Waals surface area (Å²) in [6, 6.07) is 15.8. The summed E-state index contributed by atoms with van der Waals surface area (Å²) in [5.41, 5.74) is 2.97. The number of carbonyl (C=O) groups is 2. The van der Waals surface area contributed by atoms with Crippen LogP contribution in [-0.4, -0.2) is 78.2 Å². The van der Waals surface area contributed by atoms with Gasteiger partial charge < -0.3 is 24.5 Å². The van der Waals surface area contributed by atoms with Gasteiger partial charge in [-0.3, -0.25) is 9.59 Å². The molecule has 204 valence electrons. The summed E-state index contributed by atoms with van der Waals surface area (Å²) in [5.74, 6) is 1.04. The highest BCUT2D eigenvalue weighted by atomic mass is 16.5. The molecule has 1 atom stereocenters. The molecule has 0 aromatic heterocycles. The number of amides is 2. The molecule has 7 nitrogen and oxygen atoms in total. The third-order valence-electron chi connectivity index (χ3n) is 8.21. The van der Waals surface area contributed by atoms with Gasteiger partial charge in [-0.15, -0.1) is 0 Å². The van der Waals surface area contributed by atoms with E-state index in [0.29, 0.717) is 31.7 Å². The Morgan fingerprint density at radius 3 is 2.50 bits per heavy atom. The van der Waals surface area contributed by atoms with Gasteiger partial charge in [0.25, 0.3) is 5.91 Å². The van der Waals surface area contributed by atoms with Gasteiger partial charge in [0.05, 0.1) is 12.7 Å². The highest BCUT2D eigenvalue weighted by Gasteiger charge is 2.33. The third-order valence-corrected chi connectivity index (χ3v) is 8.21. The molecule has 1 unspecified atom stereocenters. The number of β-amino-alcohol motifs (C(OH)–C–C–N with tert-alkyl or cyclic N) is 1. The Morgan fingerprint density at radius 1 is 0.921 bits per heavy atom. The topological polar surface area (TPSA) is 73.3 Å². The number of aliphatic hydroxyl groups is 1. The monoisotopic (exact) mass is 519 g/mol. The molecule has 2 saturated heterocycles. The summed E-state index contributed by atoms with van der Waals surface area (Å²) in [7, 11) is 0. The van der Waals surface area contributed by atoms with E-state index in [-0.39, 0.29) is 24.0 Å². The number of para-hydroxylation sites is 1. The largest absolute Gasteiger partial charge is 0.494 e. The maximum atomic E-state index is 13.1. The molecule has 0 saturated carbocycles. The molecule has 0 radical (unpaired) electrons. The SMILES string of the molecule is O=C(c1ccc(OCCCCCN2CCCC(O)C2)cc1)N1CCC(N2C(=O)CCc3ccccc32)CC1. The highest BCUT2D eigenvalue weighted by molar-refractivity contribution is 5.97. The summed E-state index contributed by atoms with van der Waals surface area (Å²) < 4.78 is 5.90. The second-order valence-electron chi connectivity index (χ2n) is 10.9. The van der Waals surface area contributed by atoms with Crippen molar-refractivity contribution in [2.45, 2.75) is 69.9 Å². The molecule has 0 spiro atoms. The van der Waals surface area contributed by atoms with Crippen molar-refractivity contribution >= 4 is 17.5 Å². The number of fused-ring (bicyclic) bond motifs is 1. The number of rotatable bonds is 9. The minimum Gasteiger partial charge on any atom is -0.494 e. The molecule has 1 N–H and O–H groups in total. The molecular weight excluding hydrogens is 478 g/mol. The van der Waals surface area contributed by atoms with Crippen LogP contribution in [0.5, 0.6) is 5.75 Å². The van der Waals surface area contributed by atoms with Crippen molar-refractivity contribution in [3.8, 4) is 5.75 Å². The normalized spacial score (nSPS) is 20.9. The third kappa shape index (κ3) is 6.56. The number of likely N-dealkylation sites (tertiary alicyclic amines) is 2. The maximum absolute atomic E-state index is 13.1. The summed E-state index contributed by atoms with van der Waals surface area (Å²) in [5, 5.41) is 9.77. The molecule has 5 rings (SSSR count). The van der Waals surface area contributed by atoms with Gasteiger partial charge in [-0.05, 0) is 100 Å². The lowest BCUT2D eigenvalue weighted by atomic mass is 9.95. The number of hydrogen-bond donors (Lipinski definition) is 1. The van der Waals surface area contributed by atoms with Crippen molar-refractivity contribution in [1.29, 1.82) is 0 Å². The molecule has 0 aliphatic carbocycles. The van der Waals surface area contributed by atoms with Crippen LogP contribution in [-0.2, 0) is 11.2 Å². The van der Waals surface area contributed by atoms with Crippen LogP contribution in [0.25, 0.3) is 0 Å². The molecule has 3 aliphatic rings. The van der Waals surface area contributed by atoms with Crippen LogP contribution in [0.15, 0.2) is 48.5 Å². The Labute approximate surface area is 226 Å². The zero-order valence-corrected chi connectivity index (χ0v) is 22.4. The van der Waals surface area contributed by atoms with Gasteiger partial charge >= 0.3 is 0 Å². The molecule has 2 fully saturated rings. The Morgan fingerprint density at radius 2 is 1.71 bits per heavy atom. The van der Waals surface area contributed by atoms with Gasteiger partial charge in [0.2, 0.25) is 5.91 Å². The second-order valence-corrected chi connectivity index (χ2v) is 10.9. The van der Waals surface area contributed by atoms with E-state index in [0.717, 1.165) is 82.4 Å². The van der Waals surface area contributed by atoms with Crippen LogP contribution in [0, 0.1) is 0 Å². The van der Waals surface area contributed by atoms with Crippen molar-refractivity contribution in [3.05, 3.63) is 59.7 Å². The number of aryl methyl sites for hydroxylation is 1. The first kappa shape index (κ1) is 26.7. The first-order valence-corrected chi connectivity index (χ1v) is 14.4. The van der Waals surface area contributed by atoms with Crippen molar-refractivity contribution < 1.29 is 19.4 Å². The maximum Gasteiger partial charge on any atom is 0.253 e. The molecule has 0 bridgehead atoms. The summed E-state index contributed by atoms with van der Waals surface area (Å²) >= 11 is 0. The lowest BCUT2D eigenvalue weighted by molar-refractivity contribution is -0.119.